The quantitative estimate of drug-likeness (QED) is 0.636. The van der Waals surface area contributed by atoms with Crippen molar-refractivity contribution in [1.82, 2.24) is 20.3 Å². The molecule has 6 heteroatoms. The highest BCUT2D eigenvalue weighted by Crippen LogP contribution is 2.35. The zero-order valence-electron chi connectivity index (χ0n) is 16.3. The highest BCUT2D eigenvalue weighted by molar-refractivity contribution is 6.31. The summed E-state index contributed by atoms with van der Waals surface area (Å²) in [6.07, 6.45) is 11.6. The lowest BCUT2D eigenvalue weighted by Gasteiger charge is -2.28. The Hall–Kier alpha value is -2.11. The van der Waals surface area contributed by atoms with Crippen molar-refractivity contribution < 1.29 is 0 Å². The molecule has 2 aromatic heterocycles. The summed E-state index contributed by atoms with van der Waals surface area (Å²) in [4.78, 5) is 14.6. The van der Waals surface area contributed by atoms with Crippen LogP contribution in [0.2, 0.25) is 5.02 Å². The number of H-pyrrole nitrogens is 1. The molecule has 2 saturated heterocycles. The molecule has 0 saturated carbocycles. The Bertz CT molecular complexity index is 885. The number of hydrogen-bond donors (Lipinski definition) is 2. The first kappa shape index (κ1) is 19.2. The summed E-state index contributed by atoms with van der Waals surface area (Å²) >= 11 is 6.15. The minimum absolute atomic E-state index is 0.739. The zero-order valence-corrected chi connectivity index (χ0v) is 17.0. The number of fused-ring (bicyclic) bond motifs is 1. The van der Waals surface area contributed by atoms with Gasteiger partial charge >= 0.3 is 0 Å². The van der Waals surface area contributed by atoms with Crippen LogP contribution < -0.4 is 10.2 Å². The number of piperidine rings is 2. The molecule has 0 spiro atoms. The number of rotatable bonds is 2. The van der Waals surface area contributed by atoms with Crippen molar-refractivity contribution in [3.05, 3.63) is 41.8 Å². The highest BCUT2D eigenvalue weighted by Gasteiger charge is 2.19. The summed E-state index contributed by atoms with van der Waals surface area (Å²) in [5.74, 6) is 1.03. The Morgan fingerprint density at radius 1 is 0.929 bits per heavy atom. The second kappa shape index (κ2) is 9.39. The maximum absolute atomic E-state index is 6.15. The monoisotopic (exact) mass is 397 g/mol. The van der Waals surface area contributed by atoms with Crippen LogP contribution in [0.25, 0.3) is 22.2 Å². The van der Waals surface area contributed by atoms with E-state index in [0.717, 1.165) is 46.1 Å². The molecule has 0 radical (unpaired) electrons. The molecule has 0 atom stereocenters. The molecular formula is C22H28ClN5. The van der Waals surface area contributed by atoms with Gasteiger partial charge in [0.15, 0.2) is 0 Å². The summed E-state index contributed by atoms with van der Waals surface area (Å²) in [5.41, 5.74) is 3.08. The molecule has 5 rings (SSSR count). The number of halogens is 1. The first-order valence-corrected chi connectivity index (χ1v) is 10.7. The van der Waals surface area contributed by atoms with Gasteiger partial charge in [-0.05, 0) is 62.9 Å². The van der Waals surface area contributed by atoms with E-state index in [9.17, 15) is 0 Å². The highest BCUT2D eigenvalue weighted by atomic mass is 35.5. The summed E-state index contributed by atoms with van der Waals surface area (Å²) in [6.45, 7) is 4.62. The van der Waals surface area contributed by atoms with Crippen LogP contribution in [0.4, 0.5) is 5.82 Å². The predicted octanol–water partition coefficient (Wildman–Crippen LogP) is 5.03. The molecule has 1 aromatic carbocycles. The van der Waals surface area contributed by atoms with Gasteiger partial charge in [-0.1, -0.05) is 30.2 Å². The van der Waals surface area contributed by atoms with Gasteiger partial charge in [-0.3, -0.25) is 0 Å². The van der Waals surface area contributed by atoms with Gasteiger partial charge in [0.2, 0.25) is 0 Å². The van der Waals surface area contributed by atoms with E-state index < -0.39 is 0 Å². The first-order chi connectivity index (χ1) is 13.8. The van der Waals surface area contributed by atoms with Gasteiger partial charge < -0.3 is 15.2 Å². The zero-order chi connectivity index (χ0) is 19.2. The summed E-state index contributed by atoms with van der Waals surface area (Å²) in [7, 11) is 0. The molecule has 0 unspecified atom stereocenters. The van der Waals surface area contributed by atoms with Gasteiger partial charge in [0, 0.05) is 29.9 Å². The average molecular weight is 398 g/mol. The number of nitrogens with one attached hydrogen (secondary N) is 2. The van der Waals surface area contributed by atoms with Crippen LogP contribution in [0.3, 0.4) is 0 Å². The van der Waals surface area contributed by atoms with Gasteiger partial charge in [-0.25, -0.2) is 9.97 Å². The Balaban J connectivity index is 0.000000275. The van der Waals surface area contributed by atoms with Gasteiger partial charge in [0.05, 0.1) is 5.39 Å². The van der Waals surface area contributed by atoms with Crippen molar-refractivity contribution >= 4 is 28.5 Å². The number of anilines is 1. The summed E-state index contributed by atoms with van der Waals surface area (Å²) < 4.78 is 0. The molecule has 5 nitrogen and oxygen atoms in total. The van der Waals surface area contributed by atoms with Gasteiger partial charge in [-0.2, -0.15) is 0 Å². The Kier molecular flexibility index (Phi) is 6.45. The van der Waals surface area contributed by atoms with Crippen LogP contribution in [0.1, 0.15) is 38.5 Å². The van der Waals surface area contributed by atoms with Gasteiger partial charge in [0.1, 0.15) is 17.8 Å². The Morgan fingerprint density at radius 3 is 2.39 bits per heavy atom. The molecule has 0 aliphatic carbocycles. The fourth-order valence-corrected chi connectivity index (χ4v) is 4.17. The SMILES string of the molecule is C1CCNCC1.Clc1cccc(-c2c[nH]c3ncnc(N4CCCCC4)c23)c1. The summed E-state index contributed by atoms with van der Waals surface area (Å²) in [5, 5.41) is 5.11. The second-order valence-electron chi connectivity index (χ2n) is 7.49. The molecule has 0 bridgehead atoms. The fraction of sp³-hybridized carbons (Fsp3) is 0.455. The molecule has 2 aliphatic rings. The van der Waals surface area contributed by atoms with Crippen LogP contribution in [0, 0.1) is 0 Å². The molecular weight excluding hydrogens is 370 g/mol. The minimum atomic E-state index is 0.739. The largest absolute Gasteiger partial charge is 0.356 e. The standard InChI is InChI=1S/C17H17ClN4.C5H11N/c18-13-6-4-5-12(9-13)14-10-19-16-15(14)17(21-11-20-16)22-7-2-1-3-8-22;1-2-4-6-5-3-1/h4-6,9-11H,1-3,7-8H2,(H,19,20,21);6H,1-5H2. The van der Waals surface area contributed by atoms with E-state index in [0.29, 0.717) is 0 Å². The third-order valence-corrected chi connectivity index (χ3v) is 5.68. The average Bonchev–Trinajstić information content (AvgIpc) is 3.20. The number of hydrogen-bond acceptors (Lipinski definition) is 4. The molecule has 2 aliphatic heterocycles. The number of benzene rings is 1. The third-order valence-electron chi connectivity index (χ3n) is 5.45. The second-order valence-corrected chi connectivity index (χ2v) is 7.93. The van der Waals surface area contributed by atoms with E-state index in [1.165, 1.54) is 51.6 Å². The van der Waals surface area contributed by atoms with Crippen LogP contribution in [0.5, 0.6) is 0 Å². The molecule has 2 fully saturated rings. The lowest BCUT2D eigenvalue weighted by molar-refractivity contribution is 0.520. The van der Waals surface area contributed by atoms with E-state index in [1.54, 1.807) is 6.33 Å². The third kappa shape index (κ3) is 4.47. The maximum atomic E-state index is 6.15. The smallest absolute Gasteiger partial charge is 0.143 e. The van der Waals surface area contributed by atoms with E-state index >= 15 is 0 Å². The normalized spacial score (nSPS) is 17.2. The van der Waals surface area contributed by atoms with Crippen LogP contribution in [-0.4, -0.2) is 41.1 Å². The summed E-state index contributed by atoms with van der Waals surface area (Å²) in [6, 6.07) is 7.92. The van der Waals surface area contributed by atoms with Crippen molar-refractivity contribution in [3.63, 3.8) is 0 Å². The van der Waals surface area contributed by atoms with Crippen LogP contribution in [-0.2, 0) is 0 Å². The minimum Gasteiger partial charge on any atom is -0.356 e. The van der Waals surface area contributed by atoms with E-state index in [2.05, 4.69) is 31.2 Å². The van der Waals surface area contributed by atoms with Crippen LogP contribution >= 0.6 is 11.6 Å². The predicted molar refractivity (Wildman–Crippen MR) is 117 cm³/mol. The maximum Gasteiger partial charge on any atom is 0.143 e. The molecule has 148 valence electrons. The molecule has 2 N–H and O–H groups in total. The van der Waals surface area contributed by atoms with E-state index in [-0.39, 0.29) is 0 Å². The Labute approximate surface area is 171 Å². The van der Waals surface area contributed by atoms with Gasteiger partial charge in [0.25, 0.3) is 0 Å². The lowest BCUT2D eigenvalue weighted by Crippen LogP contribution is -2.30. The molecule has 4 heterocycles. The number of aromatic nitrogens is 3. The van der Waals surface area contributed by atoms with Crippen molar-refractivity contribution in [1.29, 1.82) is 0 Å². The topological polar surface area (TPSA) is 56.8 Å². The molecule has 28 heavy (non-hydrogen) atoms. The van der Waals surface area contributed by atoms with Crippen molar-refractivity contribution in [2.45, 2.75) is 38.5 Å². The van der Waals surface area contributed by atoms with E-state index in [4.69, 9.17) is 11.6 Å². The van der Waals surface area contributed by atoms with Crippen molar-refractivity contribution in [2.75, 3.05) is 31.1 Å². The fourth-order valence-electron chi connectivity index (χ4n) is 3.98. The molecule has 0 amide bonds. The van der Waals surface area contributed by atoms with Crippen LogP contribution in [0.15, 0.2) is 36.8 Å². The molecule has 3 aromatic rings. The van der Waals surface area contributed by atoms with Crippen molar-refractivity contribution in [3.8, 4) is 11.1 Å². The lowest BCUT2D eigenvalue weighted by atomic mass is 10.1. The Morgan fingerprint density at radius 2 is 1.71 bits per heavy atom. The number of aromatic amines is 1. The van der Waals surface area contributed by atoms with Gasteiger partial charge in [-0.15, -0.1) is 0 Å². The van der Waals surface area contributed by atoms with E-state index in [1.807, 2.05) is 24.4 Å². The first-order valence-electron chi connectivity index (χ1n) is 10.4. The van der Waals surface area contributed by atoms with Crippen molar-refractivity contribution in [2.24, 2.45) is 0 Å². The number of nitrogens with zero attached hydrogens (tertiary/aromatic N) is 3.